The molecule has 0 aliphatic carbocycles. The van der Waals surface area contributed by atoms with Gasteiger partial charge in [0.2, 0.25) is 5.91 Å². The molecular formula is C22H27N5O3. The maximum absolute atomic E-state index is 12.6. The van der Waals surface area contributed by atoms with Gasteiger partial charge in [0.1, 0.15) is 12.3 Å². The molecule has 1 aliphatic heterocycles. The van der Waals surface area contributed by atoms with E-state index in [1.807, 2.05) is 56.0 Å². The second-order valence-corrected chi connectivity index (χ2v) is 7.89. The number of carbonyl (C=O) groups is 1. The molecular weight excluding hydrogens is 382 g/mol. The van der Waals surface area contributed by atoms with E-state index in [9.17, 15) is 4.79 Å². The Labute approximate surface area is 175 Å². The van der Waals surface area contributed by atoms with Crippen LogP contribution in [-0.4, -0.2) is 43.8 Å². The molecule has 0 N–H and O–H groups in total. The van der Waals surface area contributed by atoms with Crippen molar-refractivity contribution in [3.05, 3.63) is 59.0 Å². The summed E-state index contributed by atoms with van der Waals surface area (Å²) in [5.41, 5.74) is 3.11. The first-order valence-electron chi connectivity index (χ1n) is 10.3. The van der Waals surface area contributed by atoms with Gasteiger partial charge in [-0.05, 0) is 51.8 Å². The minimum Gasteiger partial charge on any atom is -0.484 e. The molecule has 8 nitrogen and oxygen atoms in total. The van der Waals surface area contributed by atoms with E-state index in [1.165, 1.54) is 5.56 Å². The average molecular weight is 409 g/mol. The zero-order chi connectivity index (χ0) is 21.1. The van der Waals surface area contributed by atoms with Crippen molar-refractivity contribution in [1.82, 2.24) is 24.8 Å². The minimum atomic E-state index is 0.0972. The highest BCUT2D eigenvalue weighted by molar-refractivity contribution is 5.76. The van der Waals surface area contributed by atoms with E-state index in [-0.39, 0.29) is 25.0 Å². The molecule has 0 atom stereocenters. The van der Waals surface area contributed by atoms with Gasteiger partial charge in [-0.15, -0.1) is 0 Å². The Hall–Kier alpha value is -3.16. The van der Waals surface area contributed by atoms with Crippen LogP contribution in [0.4, 0.5) is 0 Å². The zero-order valence-electron chi connectivity index (χ0n) is 17.7. The lowest BCUT2D eigenvalue weighted by atomic mass is 9.96. The molecule has 0 bridgehead atoms. The predicted molar refractivity (Wildman–Crippen MR) is 110 cm³/mol. The summed E-state index contributed by atoms with van der Waals surface area (Å²) in [5.74, 6) is 2.23. The summed E-state index contributed by atoms with van der Waals surface area (Å²) in [6.45, 7) is 7.84. The van der Waals surface area contributed by atoms with Gasteiger partial charge in [0.25, 0.3) is 5.89 Å². The van der Waals surface area contributed by atoms with E-state index in [2.05, 4.69) is 15.2 Å². The summed E-state index contributed by atoms with van der Waals surface area (Å²) in [5, 5.41) is 8.51. The van der Waals surface area contributed by atoms with Crippen molar-refractivity contribution in [3.8, 4) is 5.75 Å². The predicted octanol–water partition coefficient (Wildman–Crippen LogP) is 3.18. The maximum atomic E-state index is 12.6. The minimum absolute atomic E-state index is 0.0972. The quantitative estimate of drug-likeness (QED) is 0.622. The van der Waals surface area contributed by atoms with E-state index in [0.29, 0.717) is 24.8 Å². The van der Waals surface area contributed by atoms with Gasteiger partial charge in [0.15, 0.2) is 12.4 Å². The number of hydrogen-bond donors (Lipinski definition) is 0. The van der Waals surface area contributed by atoms with Crippen LogP contribution in [0, 0.1) is 20.8 Å². The molecule has 3 aromatic rings. The summed E-state index contributed by atoms with van der Waals surface area (Å²) < 4.78 is 12.8. The number of hydrogen-bond acceptors (Lipinski definition) is 6. The third kappa shape index (κ3) is 4.69. The van der Waals surface area contributed by atoms with Crippen LogP contribution in [0.1, 0.15) is 47.4 Å². The van der Waals surface area contributed by atoms with Crippen molar-refractivity contribution >= 4 is 5.91 Å². The monoisotopic (exact) mass is 409 g/mol. The van der Waals surface area contributed by atoms with Crippen LogP contribution >= 0.6 is 0 Å². The maximum Gasteiger partial charge on any atom is 0.264 e. The van der Waals surface area contributed by atoms with Crippen LogP contribution in [0.3, 0.4) is 0 Å². The average Bonchev–Trinajstić information content (AvgIpc) is 3.34. The van der Waals surface area contributed by atoms with E-state index in [1.54, 1.807) is 4.68 Å². The van der Waals surface area contributed by atoms with Crippen molar-refractivity contribution in [2.75, 3.05) is 13.1 Å². The summed E-state index contributed by atoms with van der Waals surface area (Å²) in [7, 11) is 0. The molecule has 1 fully saturated rings. The molecule has 1 saturated heterocycles. The summed E-state index contributed by atoms with van der Waals surface area (Å²) >= 11 is 0. The number of carbonyl (C=O) groups excluding carboxylic acids is 1. The topological polar surface area (TPSA) is 86.3 Å². The van der Waals surface area contributed by atoms with Gasteiger partial charge >= 0.3 is 0 Å². The van der Waals surface area contributed by atoms with E-state index >= 15 is 0 Å². The number of aromatic nitrogens is 4. The molecule has 8 heteroatoms. The molecule has 0 unspecified atom stereocenters. The van der Waals surface area contributed by atoms with E-state index in [0.717, 1.165) is 30.0 Å². The van der Waals surface area contributed by atoms with Gasteiger partial charge in [-0.2, -0.15) is 10.1 Å². The van der Waals surface area contributed by atoms with Gasteiger partial charge < -0.3 is 14.2 Å². The van der Waals surface area contributed by atoms with Crippen LogP contribution < -0.4 is 4.74 Å². The lowest BCUT2D eigenvalue weighted by molar-refractivity contribution is -0.133. The Bertz CT molecular complexity index is 1000. The summed E-state index contributed by atoms with van der Waals surface area (Å²) in [6.07, 6.45) is 1.64. The van der Waals surface area contributed by atoms with Crippen LogP contribution in [0.5, 0.6) is 5.75 Å². The molecule has 1 amide bonds. The normalized spacial score (nSPS) is 14.8. The first-order valence-corrected chi connectivity index (χ1v) is 10.3. The first-order chi connectivity index (χ1) is 14.5. The molecule has 4 rings (SSSR count). The number of aryl methyl sites for hydroxylation is 3. The molecule has 30 heavy (non-hydrogen) atoms. The van der Waals surface area contributed by atoms with Gasteiger partial charge in [0.05, 0.1) is 5.69 Å². The van der Waals surface area contributed by atoms with Crippen LogP contribution in [0.15, 0.2) is 34.9 Å². The molecule has 158 valence electrons. The Morgan fingerprint density at radius 2 is 1.90 bits per heavy atom. The van der Waals surface area contributed by atoms with Crippen LogP contribution in [0.2, 0.25) is 0 Å². The van der Waals surface area contributed by atoms with E-state index < -0.39 is 0 Å². The fourth-order valence-corrected chi connectivity index (χ4v) is 3.72. The first kappa shape index (κ1) is 20.1. The number of amides is 1. The van der Waals surface area contributed by atoms with Crippen molar-refractivity contribution in [3.63, 3.8) is 0 Å². The van der Waals surface area contributed by atoms with E-state index in [4.69, 9.17) is 9.26 Å². The molecule has 0 saturated carbocycles. The number of benzene rings is 1. The van der Waals surface area contributed by atoms with Gasteiger partial charge in [-0.25, -0.2) is 0 Å². The molecule has 0 spiro atoms. The Morgan fingerprint density at radius 1 is 1.17 bits per heavy atom. The fourth-order valence-electron chi connectivity index (χ4n) is 3.72. The molecule has 0 radical (unpaired) electrons. The molecule has 2 aromatic heterocycles. The molecule has 3 heterocycles. The van der Waals surface area contributed by atoms with Gasteiger partial charge in [-0.1, -0.05) is 22.9 Å². The van der Waals surface area contributed by atoms with Crippen molar-refractivity contribution in [2.45, 2.75) is 52.7 Å². The number of nitrogens with zero attached hydrogens (tertiary/aromatic N) is 5. The zero-order valence-corrected chi connectivity index (χ0v) is 17.7. The highest BCUT2D eigenvalue weighted by Crippen LogP contribution is 2.26. The largest absolute Gasteiger partial charge is 0.484 e. The van der Waals surface area contributed by atoms with Crippen LogP contribution in [0.25, 0.3) is 0 Å². The number of piperidine rings is 1. The lowest BCUT2D eigenvalue weighted by Gasteiger charge is -2.30. The highest BCUT2D eigenvalue weighted by atomic mass is 16.5. The standard InChI is InChI=1S/C22H27N5O3/c1-15-4-6-19(7-5-15)29-14-20-23-22(25-30-20)18-8-10-26(11-9-18)21(28)13-27-17(3)12-16(2)24-27/h4-7,12,18H,8-11,13-14H2,1-3H3. The van der Waals surface area contributed by atoms with Crippen molar-refractivity contribution in [2.24, 2.45) is 0 Å². The van der Waals surface area contributed by atoms with Crippen LogP contribution in [-0.2, 0) is 17.9 Å². The van der Waals surface area contributed by atoms with Crippen molar-refractivity contribution in [1.29, 1.82) is 0 Å². The summed E-state index contributed by atoms with van der Waals surface area (Å²) in [6, 6.07) is 9.82. The molecule has 1 aromatic carbocycles. The van der Waals surface area contributed by atoms with Gasteiger partial charge in [-0.3, -0.25) is 9.48 Å². The molecule has 1 aliphatic rings. The third-order valence-electron chi connectivity index (χ3n) is 5.47. The lowest BCUT2D eigenvalue weighted by Crippen LogP contribution is -2.40. The summed E-state index contributed by atoms with van der Waals surface area (Å²) in [4.78, 5) is 19.0. The second kappa shape index (κ2) is 8.69. The Morgan fingerprint density at radius 3 is 2.57 bits per heavy atom. The SMILES string of the molecule is Cc1ccc(OCc2nc(C3CCN(C(=O)Cn4nc(C)cc4C)CC3)no2)cc1. The number of rotatable bonds is 6. The smallest absolute Gasteiger partial charge is 0.264 e. The highest BCUT2D eigenvalue weighted by Gasteiger charge is 2.27. The van der Waals surface area contributed by atoms with Crippen molar-refractivity contribution < 1.29 is 14.1 Å². The Kier molecular flexibility index (Phi) is 5.83. The number of likely N-dealkylation sites (tertiary alicyclic amines) is 1. The number of ether oxygens (including phenoxy) is 1. The second-order valence-electron chi connectivity index (χ2n) is 7.89. The Balaban J connectivity index is 1.27. The van der Waals surface area contributed by atoms with Gasteiger partial charge in [0, 0.05) is 24.7 Å². The third-order valence-corrected chi connectivity index (χ3v) is 5.47. The fraction of sp³-hybridized carbons (Fsp3) is 0.455.